The van der Waals surface area contributed by atoms with Gasteiger partial charge in [0.1, 0.15) is 11.3 Å². The number of sulfone groups is 1. The maximum atomic E-state index is 12.3. The molecule has 11 heteroatoms. The van der Waals surface area contributed by atoms with E-state index in [4.69, 9.17) is 14.7 Å². The zero-order chi connectivity index (χ0) is 27.6. The van der Waals surface area contributed by atoms with Crippen LogP contribution in [0.5, 0.6) is 5.75 Å². The van der Waals surface area contributed by atoms with E-state index in [1.54, 1.807) is 18.2 Å². The standard InChI is InChI=1S/C28H34N6O4S/c1-4-38-24-17-20(34-15-11-21(35)12-16-34)9-10-22(24)30-28-31-23-13-14-33(2)26(23)27(32-28)29-18-19-7-5-6-8-25(19)39(3,36)37/h5-10,13-14,17,21,35H,4,11-12,15-16,18H2,1-3H3,(H2,29,30,31,32). The lowest BCUT2D eigenvalue weighted by molar-refractivity contribution is 0.145. The second-order valence-electron chi connectivity index (χ2n) is 9.75. The van der Waals surface area contributed by atoms with Gasteiger partial charge in [0.25, 0.3) is 0 Å². The number of nitrogens with zero attached hydrogens (tertiary/aromatic N) is 4. The molecule has 39 heavy (non-hydrogen) atoms. The molecule has 0 aliphatic carbocycles. The number of benzene rings is 2. The molecule has 0 saturated carbocycles. The largest absolute Gasteiger partial charge is 0.492 e. The van der Waals surface area contributed by atoms with Crippen LogP contribution in [0.3, 0.4) is 0 Å². The monoisotopic (exact) mass is 550 g/mol. The van der Waals surface area contributed by atoms with Crippen molar-refractivity contribution in [3.05, 3.63) is 60.3 Å². The van der Waals surface area contributed by atoms with Crippen LogP contribution in [0.2, 0.25) is 0 Å². The van der Waals surface area contributed by atoms with Crippen LogP contribution in [0.15, 0.2) is 59.6 Å². The molecule has 206 valence electrons. The smallest absolute Gasteiger partial charge is 0.229 e. The maximum absolute atomic E-state index is 12.3. The van der Waals surface area contributed by atoms with Crippen LogP contribution in [0.4, 0.5) is 23.1 Å². The summed E-state index contributed by atoms with van der Waals surface area (Å²) >= 11 is 0. The summed E-state index contributed by atoms with van der Waals surface area (Å²) < 4.78 is 32.5. The molecule has 3 N–H and O–H groups in total. The van der Waals surface area contributed by atoms with Crippen molar-refractivity contribution in [2.75, 3.05) is 41.5 Å². The van der Waals surface area contributed by atoms with Crippen LogP contribution in [0.1, 0.15) is 25.3 Å². The first-order valence-corrected chi connectivity index (χ1v) is 14.9. The van der Waals surface area contributed by atoms with Crippen LogP contribution in [-0.4, -0.2) is 60.1 Å². The molecule has 1 aliphatic heterocycles. The Balaban J connectivity index is 1.44. The van der Waals surface area contributed by atoms with Gasteiger partial charge in [0.15, 0.2) is 15.7 Å². The van der Waals surface area contributed by atoms with Crippen LogP contribution < -0.4 is 20.3 Å². The highest BCUT2D eigenvalue weighted by Crippen LogP contribution is 2.34. The number of aryl methyl sites for hydroxylation is 1. The van der Waals surface area contributed by atoms with Crippen molar-refractivity contribution in [3.8, 4) is 5.75 Å². The van der Waals surface area contributed by atoms with E-state index >= 15 is 0 Å². The van der Waals surface area contributed by atoms with Crippen LogP contribution in [0.25, 0.3) is 11.0 Å². The molecule has 1 aliphatic rings. The predicted molar refractivity (Wildman–Crippen MR) is 154 cm³/mol. The van der Waals surface area contributed by atoms with Gasteiger partial charge in [0.05, 0.1) is 28.8 Å². The number of anilines is 4. The van der Waals surface area contributed by atoms with Gasteiger partial charge in [-0.15, -0.1) is 0 Å². The normalized spacial score (nSPS) is 14.5. The molecule has 3 heterocycles. The lowest BCUT2D eigenvalue weighted by Crippen LogP contribution is -2.35. The Kier molecular flexibility index (Phi) is 7.62. The minimum atomic E-state index is -3.37. The summed E-state index contributed by atoms with van der Waals surface area (Å²) in [6, 6.07) is 14.9. The van der Waals surface area contributed by atoms with Crippen molar-refractivity contribution >= 4 is 44.0 Å². The van der Waals surface area contributed by atoms with Gasteiger partial charge in [0.2, 0.25) is 5.95 Å². The summed E-state index contributed by atoms with van der Waals surface area (Å²) in [4.78, 5) is 12.0. The predicted octanol–water partition coefficient (Wildman–Crippen LogP) is 4.09. The van der Waals surface area contributed by atoms with Gasteiger partial charge < -0.3 is 29.9 Å². The van der Waals surface area contributed by atoms with Gasteiger partial charge in [0, 0.05) is 50.9 Å². The highest BCUT2D eigenvalue weighted by atomic mass is 32.2. The number of fused-ring (bicyclic) bond motifs is 1. The first-order chi connectivity index (χ1) is 18.7. The number of aromatic nitrogens is 3. The van der Waals surface area contributed by atoms with Crippen molar-refractivity contribution in [3.63, 3.8) is 0 Å². The second-order valence-corrected chi connectivity index (χ2v) is 11.7. The van der Waals surface area contributed by atoms with Crippen molar-refractivity contribution in [1.82, 2.24) is 14.5 Å². The number of nitrogens with one attached hydrogen (secondary N) is 2. The van der Waals surface area contributed by atoms with E-state index in [0.717, 1.165) is 48.3 Å². The van der Waals surface area contributed by atoms with E-state index < -0.39 is 9.84 Å². The first kappa shape index (κ1) is 26.8. The molecular formula is C28H34N6O4S. The Morgan fingerprint density at radius 3 is 2.62 bits per heavy atom. The van der Waals surface area contributed by atoms with Gasteiger partial charge in [-0.3, -0.25) is 0 Å². The third-order valence-electron chi connectivity index (χ3n) is 6.88. The topological polar surface area (TPSA) is 122 Å². The van der Waals surface area contributed by atoms with Crippen LogP contribution in [-0.2, 0) is 23.4 Å². The Labute approximate surface area is 228 Å². The average Bonchev–Trinajstić information content (AvgIpc) is 3.29. The third-order valence-corrected chi connectivity index (χ3v) is 8.08. The molecule has 2 aromatic carbocycles. The summed E-state index contributed by atoms with van der Waals surface area (Å²) in [6.07, 6.45) is 4.39. The van der Waals surface area contributed by atoms with Crippen molar-refractivity contribution < 1.29 is 18.3 Å². The highest BCUT2D eigenvalue weighted by molar-refractivity contribution is 7.90. The minimum absolute atomic E-state index is 0.235. The third kappa shape index (κ3) is 5.94. The Hall–Kier alpha value is -3.83. The van der Waals surface area contributed by atoms with Gasteiger partial charge >= 0.3 is 0 Å². The number of hydrogen-bond acceptors (Lipinski definition) is 9. The number of ether oxygens (including phenoxy) is 1. The molecule has 0 bridgehead atoms. The summed E-state index contributed by atoms with van der Waals surface area (Å²) in [6.45, 7) is 4.32. The number of aliphatic hydroxyl groups excluding tert-OH is 1. The number of aliphatic hydroxyl groups is 1. The van der Waals surface area contributed by atoms with Crippen molar-refractivity contribution in [2.45, 2.75) is 37.3 Å². The number of piperidine rings is 1. The van der Waals surface area contributed by atoms with Gasteiger partial charge in [-0.1, -0.05) is 18.2 Å². The zero-order valence-corrected chi connectivity index (χ0v) is 23.2. The molecule has 1 saturated heterocycles. The van der Waals surface area contributed by atoms with Crippen molar-refractivity contribution in [2.24, 2.45) is 7.05 Å². The molecule has 4 aromatic rings. The quantitative estimate of drug-likeness (QED) is 0.283. The summed E-state index contributed by atoms with van der Waals surface area (Å²) in [5.41, 5.74) is 4.00. The molecule has 0 amide bonds. The van der Waals surface area contributed by atoms with Gasteiger partial charge in [-0.05, 0) is 49.6 Å². The average molecular weight is 551 g/mol. The molecule has 1 fully saturated rings. The molecule has 10 nitrogen and oxygen atoms in total. The lowest BCUT2D eigenvalue weighted by atomic mass is 10.1. The first-order valence-electron chi connectivity index (χ1n) is 13.0. The zero-order valence-electron chi connectivity index (χ0n) is 22.4. The summed E-state index contributed by atoms with van der Waals surface area (Å²) in [7, 11) is -1.45. The molecular weight excluding hydrogens is 516 g/mol. The van der Waals surface area contributed by atoms with Crippen molar-refractivity contribution in [1.29, 1.82) is 0 Å². The minimum Gasteiger partial charge on any atom is -0.492 e. The Morgan fingerprint density at radius 2 is 1.87 bits per heavy atom. The van der Waals surface area contributed by atoms with Crippen LogP contribution in [0, 0.1) is 0 Å². The maximum Gasteiger partial charge on any atom is 0.229 e. The fraction of sp³-hybridized carbons (Fsp3) is 0.357. The molecule has 5 rings (SSSR count). The Morgan fingerprint density at radius 1 is 1.10 bits per heavy atom. The number of hydrogen-bond donors (Lipinski definition) is 3. The van der Waals surface area contributed by atoms with Crippen LogP contribution >= 0.6 is 0 Å². The summed E-state index contributed by atoms with van der Waals surface area (Å²) in [5.74, 6) is 1.66. The van der Waals surface area contributed by atoms with E-state index in [1.165, 1.54) is 6.26 Å². The molecule has 0 atom stereocenters. The van der Waals surface area contributed by atoms with E-state index in [0.29, 0.717) is 29.7 Å². The number of rotatable bonds is 9. The highest BCUT2D eigenvalue weighted by Gasteiger charge is 2.20. The molecule has 0 spiro atoms. The Bertz CT molecular complexity index is 1580. The molecule has 0 radical (unpaired) electrons. The van der Waals surface area contributed by atoms with E-state index in [9.17, 15) is 13.5 Å². The van der Waals surface area contributed by atoms with E-state index in [2.05, 4.69) is 15.5 Å². The second kappa shape index (κ2) is 11.1. The fourth-order valence-corrected chi connectivity index (χ4v) is 5.84. The van der Waals surface area contributed by atoms with E-state index in [1.807, 2.05) is 55.1 Å². The molecule has 0 unspecified atom stereocenters. The summed E-state index contributed by atoms with van der Waals surface area (Å²) in [5, 5.41) is 16.5. The lowest BCUT2D eigenvalue weighted by Gasteiger charge is -2.32. The van der Waals surface area contributed by atoms with Gasteiger partial charge in [-0.2, -0.15) is 4.98 Å². The van der Waals surface area contributed by atoms with Gasteiger partial charge in [-0.25, -0.2) is 13.4 Å². The van der Waals surface area contributed by atoms with E-state index in [-0.39, 0.29) is 17.5 Å². The SMILES string of the molecule is CCOc1cc(N2CCC(O)CC2)ccc1Nc1nc(NCc2ccccc2S(C)(=O)=O)c2c(ccn2C)n1. The molecule has 2 aromatic heterocycles. The fourth-order valence-electron chi connectivity index (χ4n) is 4.89.